The minimum Gasteiger partial charge on any atom is -0.372 e. The van der Waals surface area contributed by atoms with E-state index in [1.54, 1.807) is 0 Å². The van der Waals surface area contributed by atoms with Crippen molar-refractivity contribution in [3.05, 3.63) is 0 Å². The molecule has 0 aromatic carbocycles. The standard InChI is InChI=1S/C5H8FNO/c6-5-3-2-8-4(5)1-7-3/h3-5,7H,1-2H2. The topological polar surface area (TPSA) is 21.3 Å². The van der Waals surface area contributed by atoms with Crippen LogP contribution >= 0.6 is 0 Å². The van der Waals surface area contributed by atoms with Crippen molar-refractivity contribution in [3.63, 3.8) is 0 Å². The molecule has 2 nitrogen and oxygen atoms in total. The molecule has 0 spiro atoms. The molecule has 2 bridgehead atoms. The molecule has 0 aromatic heterocycles. The second kappa shape index (κ2) is 1.42. The smallest absolute Gasteiger partial charge is 0.145 e. The molecule has 0 saturated carbocycles. The molecule has 2 saturated heterocycles. The first-order chi connectivity index (χ1) is 3.88. The molecule has 0 aromatic rings. The van der Waals surface area contributed by atoms with Crippen molar-refractivity contribution in [2.75, 3.05) is 13.2 Å². The first-order valence-electron chi connectivity index (χ1n) is 2.87. The lowest BCUT2D eigenvalue weighted by Gasteiger charge is -2.08. The summed E-state index contributed by atoms with van der Waals surface area (Å²) in [5.74, 6) is 0. The van der Waals surface area contributed by atoms with E-state index in [-0.39, 0.29) is 12.1 Å². The summed E-state index contributed by atoms with van der Waals surface area (Å²) in [6.07, 6.45) is -0.880. The molecule has 46 valence electrons. The molecular weight excluding hydrogens is 109 g/mol. The Morgan fingerprint density at radius 1 is 1.62 bits per heavy atom. The zero-order chi connectivity index (χ0) is 5.56. The van der Waals surface area contributed by atoms with Crippen molar-refractivity contribution in [1.29, 1.82) is 0 Å². The maximum atomic E-state index is 12.6. The quantitative estimate of drug-likeness (QED) is 0.470. The van der Waals surface area contributed by atoms with E-state index in [0.29, 0.717) is 13.2 Å². The van der Waals surface area contributed by atoms with Crippen LogP contribution in [-0.2, 0) is 4.74 Å². The fourth-order valence-electron chi connectivity index (χ4n) is 1.28. The van der Waals surface area contributed by atoms with E-state index in [4.69, 9.17) is 4.74 Å². The van der Waals surface area contributed by atoms with Crippen LogP contribution < -0.4 is 5.32 Å². The van der Waals surface area contributed by atoms with Gasteiger partial charge in [-0.3, -0.25) is 0 Å². The number of nitrogens with one attached hydrogen (secondary N) is 1. The van der Waals surface area contributed by atoms with Crippen molar-refractivity contribution in [2.24, 2.45) is 0 Å². The first kappa shape index (κ1) is 4.70. The summed E-state index contributed by atoms with van der Waals surface area (Å²) < 4.78 is 17.6. The Hall–Kier alpha value is -0.150. The number of hydrogen-bond acceptors (Lipinski definition) is 2. The van der Waals surface area contributed by atoms with E-state index < -0.39 is 6.17 Å². The van der Waals surface area contributed by atoms with Crippen LogP contribution in [0.3, 0.4) is 0 Å². The Morgan fingerprint density at radius 3 is 2.62 bits per heavy atom. The first-order valence-corrected chi connectivity index (χ1v) is 2.87. The number of ether oxygens (including phenoxy) is 1. The zero-order valence-corrected chi connectivity index (χ0v) is 4.43. The summed E-state index contributed by atoms with van der Waals surface area (Å²) >= 11 is 0. The Kier molecular flexibility index (Phi) is 0.835. The number of rotatable bonds is 0. The van der Waals surface area contributed by atoms with Gasteiger partial charge in [0.05, 0.1) is 12.6 Å². The van der Waals surface area contributed by atoms with E-state index in [1.165, 1.54) is 0 Å². The minimum absolute atomic E-state index is 0.000000000000000222. The van der Waals surface area contributed by atoms with Crippen molar-refractivity contribution in [2.45, 2.75) is 18.3 Å². The molecule has 3 unspecified atom stereocenters. The fourth-order valence-corrected chi connectivity index (χ4v) is 1.28. The third-order valence-corrected chi connectivity index (χ3v) is 1.81. The molecule has 2 aliphatic rings. The van der Waals surface area contributed by atoms with E-state index in [9.17, 15) is 4.39 Å². The fraction of sp³-hybridized carbons (Fsp3) is 1.00. The van der Waals surface area contributed by atoms with Gasteiger partial charge in [-0.15, -0.1) is 0 Å². The highest BCUT2D eigenvalue weighted by Crippen LogP contribution is 2.22. The summed E-state index contributed by atoms with van der Waals surface area (Å²) in [7, 11) is 0. The van der Waals surface area contributed by atoms with Gasteiger partial charge >= 0.3 is 0 Å². The molecule has 3 heteroatoms. The number of morpholine rings is 1. The molecule has 2 heterocycles. The van der Waals surface area contributed by atoms with Crippen molar-refractivity contribution in [3.8, 4) is 0 Å². The average Bonchev–Trinajstić information content (AvgIpc) is 2.29. The van der Waals surface area contributed by atoms with Crippen LogP contribution in [0, 0.1) is 0 Å². The third kappa shape index (κ3) is 0.432. The van der Waals surface area contributed by atoms with Gasteiger partial charge in [0.2, 0.25) is 0 Å². The number of fused-ring (bicyclic) bond motifs is 2. The summed E-state index contributed by atoms with van der Waals surface area (Å²) in [6, 6.07) is -0.000000000000000222. The van der Waals surface area contributed by atoms with Crippen LogP contribution in [0.1, 0.15) is 0 Å². The van der Waals surface area contributed by atoms with Gasteiger partial charge in [0.25, 0.3) is 0 Å². The predicted molar refractivity (Wildman–Crippen MR) is 26.4 cm³/mol. The SMILES string of the molecule is FC1C2COC1CN2. The van der Waals surface area contributed by atoms with Crippen LogP contribution in [-0.4, -0.2) is 31.5 Å². The van der Waals surface area contributed by atoms with Crippen LogP contribution in [0.4, 0.5) is 4.39 Å². The normalized spacial score (nSPS) is 52.9. The maximum absolute atomic E-state index is 12.6. The molecule has 0 radical (unpaired) electrons. The molecule has 2 aliphatic heterocycles. The number of hydrogen-bond donors (Lipinski definition) is 1. The largest absolute Gasteiger partial charge is 0.372 e. The molecule has 0 amide bonds. The van der Waals surface area contributed by atoms with Gasteiger partial charge < -0.3 is 10.1 Å². The van der Waals surface area contributed by atoms with Crippen LogP contribution in [0.15, 0.2) is 0 Å². The van der Waals surface area contributed by atoms with E-state index in [2.05, 4.69) is 5.32 Å². The zero-order valence-electron chi connectivity index (χ0n) is 4.43. The summed E-state index contributed by atoms with van der Waals surface area (Å²) in [5, 5.41) is 3.01. The van der Waals surface area contributed by atoms with Gasteiger partial charge in [0.15, 0.2) is 0 Å². The highest BCUT2D eigenvalue weighted by Gasteiger charge is 2.42. The Morgan fingerprint density at radius 2 is 2.50 bits per heavy atom. The van der Waals surface area contributed by atoms with E-state index in [1.807, 2.05) is 0 Å². The third-order valence-electron chi connectivity index (χ3n) is 1.81. The Labute approximate surface area is 47.0 Å². The molecule has 0 aliphatic carbocycles. The van der Waals surface area contributed by atoms with Gasteiger partial charge in [0, 0.05) is 6.54 Å². The average molecular weight is 117 g/mol. The molecule has 2 fully saturated rings. The molecule has 1 N–H and O–H groups in total. The second-order valence-electron chi connectivity index (χ2n) is 2.33. The Bertz CT molecular complexity index is 88.6. The van der Waals surface area contributed by atoms with Gasteiger partial charge in [-0.2, -0.15) is 0 Å². The summed E-state index contributed by atoms with van der Waals surface area (Å²) in [5.41, 5.74) is 0. The molecular formula is C5H8FNO. The van der Waals surface area contributed by atoms with Gasteiger partial charge in [-0.1, -0.05) is 0 Å². The van der Waals surface area contributed by atoms with Gasteiger partial charge in [-0.25, -0.2) is 4.39 Å². The lowest BCUT2D eigenvalue weighted by molar-refractivity contribution is 0.0735. The second-order valence-corrected chi connectivity index (χ2v) is 2.33. The minimum atomic E-state index is -0.741. The van der Waals surface area contributed by atoms with E-state index in [0.717, 1.165) is 0 Å². The van der Waals surface area contributed by atoms with Crippen molar-refractivity contribution in [1.82, 2.24) is 5.32 Å². The van der Waals surface area contributed by atoms with Crippen LogP contribution in [0.5, 0.6) is 0 Å². The molecule has 8 heavy (non-hydrogen) atoms. The molecule has 3 atom stereocenters. The van der Waals surface area contributed by atoms with Gasteiger partial charge in [-0.05, 0) is 0 Å². The lowest BCUT2D eigenvalue weighted by atomic mass is 10.2. The number of halogens is 1. The van der Waals surface area contributed by atoms with Gasteiger partial charge in [0.1, 0.15) is 12.3 Å². The highest BCUT2D eigenvalue weighted by molar-refractivity contribution is 4.96. The Balaban J connectivity index is 2.16. The predicted octanol–water partition coefficient (Wildman–Crippen LogP) is -0.305. The maximum Gasteiger partial charge on any atom is 0.145 e. The molecule has 2 rings (SSSR count). The van der Waals surface area contributed by atoms with Crippen LogP contribution in [0.2, 0.25) is 0 Å². The number of alkyl halides is 1. The summed E-state index contributed by atoms with van der Waals surface area (Å²) in [4.78, 5) is 0. The lowest BCUT2D eigenvalue weighted by Crippen LogP contribution is -2.31. The van der Waals surface area contributed by atoms with Crippen molar-refractivity contribution >= 4 is 0 Å². The van der Waals surface area contributed by atoms with Crippen molar-refractivity contribution < 1.29 is 9.13 Å². The van der Waals surface area contributed by atoms with E-state index >= 15 is 0 Å². The summed E-state index contributed by atoms with van der Waals surface area (Å²) in [6.45, 7) is 1.26. The monoisotopic (exact) mass is 117 g/mol. The highest BCUT2D eigenvalue weighted by atomic mass is 19.1. The van der Waals surface area contributed by atoms with Crippen LogP contribution in [0.25, 0.3) is 0 Å².